The van der Waals surface area contributed by atoms with Crippen LogP contribution in [0.1, 0.15) is 18.4 Å². The van der Waals surface area contributed by atoms with E-state index in [1.54, 1.807) is 24.3 Å². The van der Waals surface area contributed by atoms with Gasteiger partial charge in [0.05, 0.1) is 17.6 Å². The number of ether oxygens (including phenoxy) is 1. The van der Waals surface area contributed by atoms with Crippen molar-refractivity contribution in [3.8, 4) is 0 Å². The van der Waals surface area contributed by atoms with E-state index < -0.39 is 0 Å². The van der Waals surface area contributed by atoms with Crippen LogP contribution in [0.5, 0.6) is 0 Å². The molecule has 5 heteroatoms. The van der Waals surface area contributed by atoms with Crippen molar-refractivity contribution in [3.63, 3.8) is 0 Å². The lowest BCUT2D eigenvalue weighted by atomic mass is 10.1. The van der Waals surface area contributed by atoms with E-state index in [2.05, 4.69) is 5.32 Å². The van der Waals surface area contributed by atoms with E-state index in [4.69, 9.17) is 4.74 Å². The predicted molar refractivity (Wildman–Crippen MR) is 68.6 cm³/mol. The maximum Gasteiger partial charge on any atom is 0.269 e. The Morgan fingerprint density at radius 3 is 2.56 bits per heavy atom. The molecule has 98 valence electrons. The van der Waals surface area contributed by atoms with E-state index in [0.29, 0.717) is 12.7 Å². The Morgan fingerprint density at radius 1 is 1.28 bits per heavy atom. The molecule has 1 N–H and O–H groups in total. The van der Waals surface area contributed by atoms with Crippen LogP contribution in [0.15, 0.2) is 24.3 Å². The Morgan fingerprint density at radius 2 is 1.94 bits per heavy atom. The fourth-order valence-electron chi connectivity index (χ4n) is 2.09. The number of non-ortho nitro benzene ring substituents is 1. The lowest BCUT2D eigenvalue weighted by molar-refractivity contribution is -0.384. The minimum atomic E-state index is -0.380. The minimum absolute atomic E-state index is 0.137. The molecule has 0 spiro atoms. The first-order valence-corrected chi connectivity index (χ1v) is 6.31. The molecule has 1 aliphatic heterocycles. The molecule has 0 atom stereocenters. The Hall–Kier alpha value is -1.46. The quantitative estimate of drug-likeness (QED) is 0.640. The Labute approximate surface area is 106 Å². The smallest absolute Gasteiger partial charge is 0.269 e. The molecular formula is C13H18N2O3. The van der Waals surface area contributed by atoms with E-state index in [9.17, 15) is 10.1 Å². The molecule has 1 fully saturated rings. The van der Waals surface area contributed by atoms with Gasteiger partial charge in [-0.05, 0) is 37.9 Å². The summed E-state index contributed by atoms with van der Waals surface area (Å²) in [4.78, 5) is 10.1. The number of nitrogens with zero attached hydrogens (tertiary/aromatic N) is 1. The van der Waals surface area contributed by atoms with Crippen LogP contribution in [0.25, 0.3) is 0 Å². The summed E-state index contributed by atoms with van der Waals surface area (Å²) >= 11 is 0. The number of nitro benzene ring substituents is 1. The SMILES string of the molecule is O=[N+]([O-])c1ccc(CCOC2CCNCC2)cc1. The highest BCUT2D eigenvalue weighted by atomic mass is 16.6. The van der Waals surface area contributed by atoms with Crippen molar-refractivity contribution in [3.05, 3.63) is 39.9 Å². The van der Waals surface area contributed by atoms with Crippen LogP contribution in [0.2, 0.25) is 0 Å². The van der Waals surface area contributed by atoms with Crippen molar-refractivity contribution in [2.24, 2.45) is 0 Å². The van der Waals surface area contributed by atoms with Gasteiger partial charge >= 0.3 is 0 Å². The number of nitrogens with one attached hydrogen (secondary N) is 1. The van der Waals surface area contributed by atoms with E-state index in [0.717, 1.165) is 37.9 Å². The van der Waals surface area contributed by atoms with Gasteiger partial charge in [-0.15, -0.1) is 0 Å². The molecule has 0 saturated carbocycles. The van der Waals surface area contributed by atoms with Gasteiger partial charge in [0.15, 0.2) is 0 Å². The van der Waals surface area contributed by atoms with Gasteiger partial charge < -0.3 is 10.1 Å². The van der Waals surface area contributed by atoms with Crippen LogP contribution in [0.3, 0.4) is 0 Å². The van der Waals surface area contributed by atoms with E-state index in [1.807, 2.05) is 0 Å². The highest BCUT2D eigenvalue weighted by Gasteiger charge is 2.12. The second-order valence-electron chi connectivity index (χ2n) is 4.49. The Balaban J connectivity index is 1.74. The highest BCUT2D eigenvalue weighted by Crippen LogP contribution is 2.13. The first kappa shape index (κ1) is 13.0. The van der Waals surface area contributed by atoms with Crippen molar-refractivity contribution in [1.29, 1.82) is 0 Å². The van der Waals surface area contributed by atoms with E-state index in [-0.39, 0.29) is 10.6 Å². The number of benzene rings is 1. The maximum absolute atomic E-state index is 10.5. The summed E-state index contributed by atoms with van der Waals surface area (Å²) in [6.07, 6.45) is 3.31. The minimum Gasteiger partial charge on any atom is -0.378 e. The highest BCUT2D eigenvalue weighted by molar-refractivity contribution is 5.32. The van der Waals surface area contributed by atoms with Gasteiger partial charge in [0.2, 0.25) is 0 Å². The molecule has 0 unspecified atom stereocenters. The summed E-state index contributed by atoms with van der Waals surface area (Å²) in [6.45, 7) is 2.74. The molecule has 0 aliphatic carbocycles. The topological polar surface area (TPSA) is 64.4 Å². The summed E-state index contributed by atoms with van der Waals surface area (Å²) in [5.74, 6) is 0. The van der Waals surface area contributed by atoms with Gasteiger partial charge in [0.1, 0.15) is 0 Å². The summed E-state index contributed by atoms with van der Waals surface area (Å²) in [7, 11) is 0. The number of piperidine rings is 1. The van der Waals surface area contributed by atoms with Crippen LogP contribution >= 0.6 is 0 Å². The Kier molecular flexibility index (Phi) is 4.66. The molecule has 1 saturated heterocycles. The van der Waals surface area contributed by atoms with Crippen LogP contribution in [0, 0.1) is 10.1 Å². The average Bonchev–Trinajstić information content (AvgIpc) is 2.40. The van der Waals surface area contributed by atoms with Crippen LogP contribution in [0.4, 0.5) is 5.69 Å². The molecule has 0 radical (unpaired) electrons. The standard InChI is InChI=1S/C13H18N2O3/c16-15(17)12-3-1-11(2-4-12)7-10-18-13-5-8-14-9-6-13/h1-4,13-14H,5-10H2. The molecule has 1 heterocycles. The lowest BCUT2D eigenvalue weighted by Crippen LogP contribution is -2.32. The summed E-state index contributed by atoms with van der Waals surface area (Å²) in [6, 6.07) is 6.67. The van der Waals surface area contributed by atoms with Crippen molar-refractivity contribution in [1.82, 2.24) is 5.32 Å². The molecule has 1 aromatic carbocycles. The van der Waals surface area contributed by atoms with E-state index >= 15 is 0 Å². The zero-order valence-electron chi connectivity index (χ0n) is 10.3. The van der Waals surface area contributed by atoms with Gasteiger partial charge in [-0.1, -0.05) is 12.1 Å². The second kappa shape index (κ2) is 6.47. The number of nitro groups is 1. The molecule has 5 nitrogen and oxygen atoms in total. The molecule has 0 bridgehead atoms. The van der Waals surface area contributed by atoms with Gasteiger partial charge in [0, 0.05) is 12.1 Å². The second-order valence-corrected chi connectivity index (χ2v) is 4.49. The van der Waals surface area contributed by atoms with Crippen LogP contribution < -0.4 is 5.32 Å². The van der Waals surface area contributed by atoms with Gasteiger partial charge in [-0.3, -0.25) is 10.1 Å². The van der Waals surface area contributed by atoms with Crippen LogP contribution in [-0.4, -0.2) is 30.7 Å². The largest absolute Gasteiger partial charge is 0.378 e. The van der Waals surface area contributed by atoms with Gasteiger partial charge in [-0.25, -0.2) is 0 Å². The maximum atomic E-state index is 10.5. The van der Waals surface area contributed by atoms with Crippen molar-refractivity contribution in [2.75, 3.05) is 19.7 Å². The number of rotatable bonds is 5. The molecule has 18 heavy (non-hydrogen) atoms. The summed E-state index contributed by atoms with van der Waals surface area (Å²) < 4.78 is 5.79. The van der Waals surface area contributed by atoms with Crippen LogP contribution in [-0.2, 0) is 11.2 Å². The number of hydrogen-bond donors (Lipinski definition) is 1. The van der Waals surface area contributed by atoms with E-state index in [1.165, 1.54) is 0 Å². The third-order valence-electron chi connectivity index (χ3n) is 3.18. The van der Waals surface area contributed by atoms with Gasteiger partial charge in [-0.2, -0.15) is 0 Å². The molecule has 1 aliphatic rings. The first-order valence-electron chi connectivity index (χ1n) is 6.31. The number of hydrogen-bond acceptors (Lipinski definition) is 4. The molecule has 1 aromatic rings. The Bertz CT molecular complexity index is 386. The first-order chi connectivity index (χ1) is 8.75. The normalized spacial score (nSPS) is 16.7. The zero-order chi connectivity index (χ0) is 12.8. The monoisotopic (exact) mass is 250 g/mol. The van der Waals surface area contributed by atoms with Crippen molar-refractivity contribution >= 4 is 5.69 Å². The van der Waals surface area contributed by atoms with Crippen molar-refractivity contribution < 1.29 is 9.66 Å². The zero-order valence-corrected chi connectivity index (χ0v) is 10.3. The van der Waals surface area contributed by atoms with Gasteiger partial charge in [0.25, 0.3) is 5.69 Å². The molecule has 0 aromatic heterocycles. The molecule has 2 rings (SSSR count). The van der Waals surface area contributed by atoms with Crippen molar-refractivity contribution in [2.45, 2.75) is 25.4 Å². The fourth-order valence-corrected chi connectivity index (χ4v) is 2.09. The average molecular weight is 250 g/mol. The summed E-state index contributed by atoms with van der Waals surface area (Å²) in [5, 5.41) is 13.8. The predicted octanol–water partition coefficient (Wildman–Crippen LogP) is 1.91. The molecular weight excluding hydrogens is 232 g/mol. The molecule has 0 amide bonds. The third kappa shape index (κ3) is 3.78. The lowest BCUT2D eigenvalue weighted by Gasteiger charge is -2.22. The fraction of sp³-hybridized carbons (Fsp3) is 0.538. The third-order valence-corrected chi connectivity index (χ3v) is 3.18. The summed E-state index contributed by atoms with van der Waals surface area (Å²) in [5.41, 5.74) is 1.22.